The van der Waals surface area contributed by atoms with Gasteiger partial charge in [-0.2, -0.15) is 4.68 Å². The van der Waals surface area contributed by atoms with Crippen molar-refractivity contribution in [1.82, 2.24) is 20.2 Å². The molecule has 1 aliphatic rings. The van der Waals surface area contributed by atoms with Crippen molar-refractivity contribution in [2.75, 3.05) is 6.61 Å². The number of rotatable bonds is 5. The Bertz CT molecular complexity index is 543. The van der Waals surface area contributed by atoms with Gasteiger partial charge in [0, 0.05) is 0 Å². The molecule has 0 bridgehead atoms. The molecule has 0 atom stereocenters. The van der Waals surface area contributed by atoms with Gasteiger partial charge in [-0.3, -0.25) is 0 Å². The van der Waals surface area contributed by atoms with Gasteiger partial charge >= 0.3 is 6.01 Å². The average molecular weight is 272 g/mol. The maximum atomic E-state index is 5.75. The molecule has 20 heavy (non-hydrogen) atoms. The third kappa shape index (κ3) is 2.98. The lowest BCUT2D eigenvalue weighted by molar-refractivity contribution is 0.254. The van der Waals surface area contributed by atoms with Crippen molar-refractivity contribution < 1.29 is 4.74 Å². The van der Waals surface area contributed by atoms with Gasteiger partial charge in [0.2, 0.25) is 0 Å². The number of aromatic nitrogens is 4. The highest BCUT2D eigenvalue weighted by Crippen LogP contribution is 2.27. The van der Waals surface area contributed by atoms with Gasteiger partial charge in [-0.15, -0.1) is 0 Å². The quantitative estimate of drug-likeness (QED) is 0.839. The Morgan fingerprint density at radius 2 is 1.95 bits per heavy atom. The predicted octanol–water partition coefficient (Wildman–Crippen LogP) is 2.93. The summed E-state index contributed by atoms with van der Waals surface area (Å²) in [5.74, 6) is 0.818. The van der Waals surface area contributed by atoms with Crippen LogP contribution in [0.4, 0.5) is 0 Å². The molecule has 5 heteroatoms. The van der Waals surface area contributed by atoms with E-state index in [0.717, 1.165) is 18.0 Å². The van der Waals surface area contributed by atoms with E-state index in [2.05, 4.69) is 22.4 Å². The molecule has 1 aromatic heterocycles. The zero-order valence-electron chi connectivity index (χ0n) is 11.8. The summed E-state index contributed by atoms with van der Waals surface area (Å²) in [5.41, 5.74) is 2.14. The first-order chi connectivity index (χ1) is 9.83. The van der Waals surface area contributed by atoms with Gasteiger partial charge < -0.3 is 4.74 Å². The Morgan fingerprint density at radius 1 is 1.20 bits per heavy atom. The van der Waals surface area contributed by atoms with E-state index < -0.39 is 0 Å². The molecule has 1 saturated carbocycles. The van der Waals surface area contributed by atoms with Crippen molar-refractivity contribution in [2.45, 2.75) is 39.0 Å². The second-order valence-electron chi connectivity index (χ2n) is 5.50. The molecule has 1 fully saturated rings. The van der Waals surface area contributed by atoms with Gasteiger partial charge in [0.25, 0.3) is 0 Å². The first kappa shape index (κ1) is 13.1. The maximum absolute atomic E-state index is 5.75. The normalized spacial score (nSPS) is 15.7. The van der Waals surface area contributed by atoms with E-state index in [0.29, 0.717) is 12.6 Å². The molecule has 2 aromatic rings. The number of tetrazole rings is 1. The fourth-order valence-electron chi connectivity index (χ4n) is 2.73. The SMILES string of the molecule is Cc1ccc(-n2nnnc2OCCC2CCCC2)cc1. The summed E-state index contributed by atoms with van der Waals surface area (Å²) in [6, 6.07) is 8.55. The lowest BCUT2D eigenvalue weighted by Gasteiger charge is -2.10. The standard InChI is InChI=1S/C15H20N4O/c1-12-6-8-14(9-7-12)19-15(16-17-18-19)20-11-10-13-4-2-3-5-13/h6-9,13H,2-5,10-11H2,1H3. The van der Waals surface area contributed by atoms with E-state index >= 15 is 0 Å². The van der Waals surface area contributed by atoms with E-state index in [-0.39, 0.29) is 0 Å². The molecule has 0 saturated heterocycles. The van der Waals surface area contributed by atoms with Crippen LogP contribution in [0.25, 0.3) is 5.69 Å². The van der Waals surface area contributed by atoms with Crippen LogP contribution in [0.15, 0.2) is 24.3 Å². The molecular weight excluding hydrogens is 252 g/mol. The summed E-state index contributed by atoms with van der Waals surface area (Å²) >= 11 is 0. The Hall–Kier alpha value is -1.91. The lowest BCUT2D eigenvalue weighted by atomic mass is 10.1. The maximum Gasteiger partial charge on any atom is 0.340 e. The second-order valence-corrected chi connectivity index (χ2v) is 5.50. The van der Waals surface area contributed by atoms with Crippen LogP contribution < -0.4 is 4.74 Å². The van der Waals surface area contributed by atoms with Crippen molar-refractivity contribution in [3.05, 3.63) is 29.8 Å². The molecule has 1 aliphatic carbocycles. The number of hydrogen-bond acceptors (Lipinski definition) is 4. The van der Waals surface area contributed by atoms with Gasteiger partial charge in [-0.05, 0) is 41.8 Å². The smallest absolute Gasteiger partial charge is 0.340 e. The van der Waals surface area contributed by atoms with E-state index in [1.54, 1.807) is 4.68 Å². The van der Waals surface area contributed by atoms with Gasteiger partial charge in [0.1, 0.15) is 0 Å². The number of ether oxygens (including phenoxy) is 1. The highest BCUT2D eigenvalue weighted by molar-refractivity contribution is 5.34. The average Bonchev–Trinajstić information content (AvgIpc) is 3.11. The van der Waals surface area contributed by atoms with Crippen molar-refractivity contribution in [1.29, 1.82) is 0 Å². The lowest BCUT2D eigenvalue weighted by Crippen LogP contribution is -2.08. The summed E-state index contributed by atoms with van der Waals surface area (Å²) in [7, 11) is 0. The van der Waals surface area contributed by atoms with Crippen LogP contribution in [-0.4, -0.2) is 26.8 Å². The molecule has 0 radical (unpaired) electrons. The fourth-order valence-corrected chi connectivity index (χ4v) is 2.73. The molecule has 0 unspecified atom stereocenters. The first-order valence-electron chi connectivity index (χ1n) is 7.31. The van der Waals surface area contributed by atoms with E-state index in [1.165, 1.54) is 31.2 Å². The predicted molar refractivity (Wildman–Crippen MR) is 76.0 cm³/mol. The Labute approximate surface area is 118 Å². The number of aryl methyl sites for hydroxylation is 1. The molecule has 0 amide bonds. The van der Waals surface area contributed by atoms with Crippen LogP contribution in [0.2, 0.25) is 0 Å². The Morgan fingerprint density at radius 3 is 2.70 bits per heavy atom. The van der Waals surface area contributed by atoms with Crippen LogP contribution in [-0.2, 0) is 0 Å². The van der Waals surface area contributed by atoms with E-state index in [1.807, 2.05) is 24.3 Å². The third-order valence-corrected chi connectivity index (χ3v) is 3.95. The molecule has 1 heterocycles. The van der Waals surface area contributed by atoms with E-state index in [4.69, 9.17) is 4.74 Å². The van der Waals surface area contributed by atoms with Gasteiger partial charge in [-0.1, -0.05) is 48.5 Å². The van der Waals surface area contributed by atoms with Gasteiger partial charge in [-0.25, -0.2) is 0 Å². The summed E-state index contributed by atoms with van der Waals surface area (Å²) in [6.45, 7) is 2.75. The topological polar surface area (TPSA) is 52.8 Å². The van der Waals surface area contributed by atoms with Gasteiger partial charge in [0.15, 0.2) is 0 Å². The van der Waals surface area contributed by atoms with Crippen molar-refractivity contribution >= 4 is 0 Å². The number of hydrogen-bond donors (Lipinski definition) is 0. The minimum Gasteiger partial charge on any atom is -0.462 e. The zero-order chi connectivity index (χ0) is 13.8. The molecule has 5 nitrogen and oxygen atoms in total. The minimum absolute atomic E-state index is 0.479. The highest BCUT2D eigenvalue weighted by atomic mass is 16.5. The minimum atomic E-state index is 0.479. The van der Waals surface area contributed by atoms with Crippen LogP contribution >= 0.6 is 0 Å². The Kier molecular flexibility index (Phi) is 3.95. The largest absolute Gasteiger partial charge is 0.462 e. The monoisotopic (exact) mass is 272 g/mol. The van der Waals surface area contributed by atoms with Crippen LogP contribution in [0, 0.1) is 12.8 Å². The van der Waals surface area contributed by atoms with Crippen LogP contribution in [0.1, 0.15) is 37.7 Å². The molecule has 0 aliphatic heterocycles. The molecule has 1 aromatic carbocycles. The molecule has 3 rings (SSSR count). The summed E-state index contributed by atoms with van der Waals surface area (Å²) in [6.07, 6.45) is 6.51. The Balaban J connectivity index is 1.62. The molecule has 0 spiro atoms. The fraction of sp³-hybridized carbons (Fsp3) is 0.533. The van der Waals surface area contributed by atoms with Crippen LogP contribution in [0.5, 0.6) is 6.01 Å². The third-order valence-electron chi connectivity index (χ3n) is 3.95. The first-order valence-corrected chi connectivity index (χ1v) is 7.31. The summed E-state index contributed by atoms with van der Waals surface area (Å²) in [4.78, 5) is 0. The van der Waals surface area contributed by atoms with Gasteiger partial charge in [0.05, 0.1) is 12.3 Å². The summed E-state index contributed by atoms with van der Waals surface area (Å²) < 4.78 is 7.40. The highest BCUT2D eigenvalue weighted by Gasteiger charge is 2.16. The van der Waals surface area contributed by atoms with E-state index in [9.17, 15) is 0 Å². The molecule has 0 N–H and O–H groups in total. The molecular formula is C15H20N4O. The van der Waals surface area contributed by atoms with Crippen molar-refractivity contribution in [3.63, 3.8) is 0 Å². The van der Waals surface area contributed by atoms with Crippen molar-refractivity contribution in [3.8, 4) is 11.7 Å². The summed E-state index contributed by atoms with van der Waals surface area (Å²) in [5, 5.41) is 11.7. The van der Waals surface area contributed by atoms with Crippen LogP contribution in [0.3, 0.4) is 0 Å². The second kappa shape index (κ2) is 6.03. The number of nitrogens with zero attached hydrogens (tertiary/aromatic N) is 4. The van der Waals surface area contributed by atoms with Crippen molar-refractivity contribution in [2.24, 2.45) is 5.92 Å². The number of benzene rings is 1. The molecule has 106 valence electrons. The zero-order valence-corrected chi connectivity index (χ0v) is 11.8.